The highest BCUT2D eigenvalue weighted by Crippen LogP contribution is 2.04. The maximum atomic E-state index is 5.28. The highest BCUT2D eigenvalue weighted by molar-refractivity contribution is 4.96. The van der Waals surface area contributed by atoms with Crippen LogP contribution in [0.4, 0.5) is 0 Å². The molecule has 0 N–H and O–H groups in total. The number of hydroxylamine groups is 2. The van der Waals surface area contributed by atoms with Crippen molar-refractivity contribution in [1.29, 1.82) is 0 Å². The molecule has 0 saturated heterocycles. The van der Waals surface area contributed by atoms with Gasteiger partial charge in [0, 0.05) is 12.5 Å². The highest BCUT2D eigenvalue weighted by atomic mass is 16.7. The first kappa shape index (κ1) is 8.42. The topological polar surface area (TPSA) is 12.5 Å². The first-order valence-corrected chi connectivity index (χ1v) is 4.32. The van der Waals surface area contributed by atoms with Crippen LogP contribution in [0.15, 0.2) is 0 Å². The van der Waals surface area contributed by atoms with Crippen molar-refractivity contribution in [2.45, 2.75) is 32.6 Å². The minimum Gasteiger partial charge on any atom is -0.266 e. The molecule has 1 aliphatic rings. The molecular weight excluding hydrogens is 138 g/mol. The Morgan fingerprint density at radius 1 is 1.36 bits per heavy atom. The first-order chi connectivity index (χ1) is 5.43. The predicted octanol–water partition coefficient (Wildman–Crippen LogP) is 1.77. The van der Waals surface area contributed by atoms with E-state index in [0.29, 0.717) is 6.61 Å². The molecule has 0 atom stereocenters. The van der Waals surface area contributed by atoms with E-state index in [4.69, 9.17) is 4.84 Å². The van der Waals surface area contributed by atoms with Gasteiger partial charge >= 0.3 is 0 Å². The summed E-state index contributed by atoms with van der Waals surface area (Å²) < 4.78 is 0. The van der Waals surface area contributed by atoms with Crippen molar-refractivity contribution in [2.24, 2.45) is 0 Å². The molecule has 0 aromatic carbocycles. The minimum absolute atomic E-state index is 0.717. The number of rotatable bonds is 2. The fourth-order valence-electron chi connectivity index (χ4n) is 1.10. The summed E-state index contributed by atoms with van der Waals surface area (Å²) in [7, 11) is 0. The van der Waals surface area contributed by atoms with E-state index < -0.39 is 0 Å². The normalized spacial score (nSPS) is 18.1. The molecule has 0 aromatic rings. The molecule has 0 aromatic heterocycles. The van der Waals surface area contributed by atoms with Crippen molar-refractivity contribution in [2.75, 3.05) is 13.2 Å². The molecule has 0 unspecified atom stereocenters. The summed E-state index contributed by atoms with van der Waals surface area (Å²) in [5, 5.41) is 1.76. The van der Waals surface area contributed by atoms with Gasteiger partial charge in [-0.2, -0.15) is 0 Å². The van der Waals surface area contributed by atoms with Gasteiger partial charge in [-0.15, -0.1) is 0 Å². The molecule has 2 nitrogen and oxygen atoms in total. The minimum atomic E-state index is 0.717. The zero-order valence-corrected chi connectivity index (χ0v) is 7.10. The Bertz CT molecular complexity index is 157. The molecule has 0 radical (unpaired) electrons. The standard InChI is InChI=1S/C9H15NO/c1-2-11-10-8-6-4-3-5-7-9-10/h2-6,8H2,1H3. The summed E-state index contributed by atoms with van der Waals surface area (Å²) in [5.41, 5.74) is 0. The van der Waals surface area contributed by atoms with Gasteiger partial charge in [-0.1, -0.05) is 12.3 Å². The molecule has 1 heterocycles. The van der Waals surface area contributed by atoms with E-state index in [1.807, 2.05) is 6.92 Å². The molecule has 0 bridgehead atoms. The van der Waals surface area contributed by atoms with E-state index in [1.54, 1.807) is 5.06 Å². The van der Waals surface area contributed by atoms with Gasteiger partial charge in [-0.3, -0.25) is 4.84 Å². The van der Waals surface area contributed by atoms with E-state index in [-0.39, 0.29) is 0 Å². The second-order valence-corrected chi connectivity index (χ2v) is 2.62. The summed E-state index contributed by atoms with van der Waals surface area (Å²) >= 11 is 0. The summed E-state index contributed by atoms with van der Waals surface area (Å²) in [6.07, 6.45) is 4.74. The van der Waals surface area contributed by atoms with Gasteiger partial charge in [0.25, 0.3) is 0 Å². The van der Waals surface area contributed by atoms with Crippen molar-refractivity contribution >= 4 is 0 Å². The van der Waals surface area contributed by atoms with Crippen LogP contribution in [0.2, 0.25) is 0 Å². The van der Waals surface area contributed by atoms with Gasteiger partial charge in [0.15, 0.2) is 0 Å². The second kappa shape index (κ2) is 5.03. The van der Waals surface area contributed by atoms with Crippen LogP contribution >= 0.6 is 0 Å². The molecule has 2 heteroatoms. The smallest absolute Gasteiger partial charge is 0.0728 e. The second-order valence-electron chi connectivity index (χ2n) is 2.62. The van der Waals surface area contributed by atoms with Gasteiger partial charge < -0.3 is 0 Å². The predicted molar refractivity (Wildman–Crippen MR) is 44.6 cm³/mol. The van der Waals surface area contributed by atoms with Crippen molar-refractivity contribution in [3.05, 3.63) is 0 Å². The summed E-state index contributed by atoms with van der Waals surface area (Å²) in [4.78, 5) is 5.28. The Balaban J connectivity index is 2.34. The largest absolute Gasteiger partial charge is 0.266 e. The molecule has 0 saturated carbocycles. The van der Waals surface area contributed by atoms with Gasteiger partial charge in [0.1, 0.15) is 0 Å². The van der Waals surface area contributed by atoms with E-state index >= 15 is 0 Å². The Morgan fingerprint density at radius 2 is 2.27 bits per heavy atom. The van der Waals surface area contributed by atoms with Gasteiger partial charge in [-0.25, -0.2) is 5.06 Å². The van der Waals surface area contributed by atoms with Crippen LogP contribution in [-0.4, -0.2) is 18.2 Å². The lowest BCUT2D eigenvalue weighted by Crippen LogP contribution is -2.20. The molecule has 0 spiro atoms. The monoisotopic (exact) mass is 153 g/mol. The van der Waals surface area contributed by atoms with Crippen LogP contribution < -0.4 is 0 Å². The lowest BCUT2D eigenvalue weighted by Gasteiger charge is -2.16. The average molecular weight is 153 g/mol. The van der Waals surface area contributed by atoms with Gasteiger partial charge in [0.2, 0.25) is 0 Å². The van der Waals surface area contributed by atoms with Crippen LogP contribution in [0.1, 0.15) is 32.6 Å². The van der Waals surface area contributed by atoms with Crippen LogP contribution in [0.25, 0.3) is 0 Å². The maximum absolute atomic E-state index is 5.28. The van der Waals surface area contributed by atoms with Crippen molar-refractivity contribution in [3.63, 3.8) is 0 Å². The molecule has 1 aliphatic heterocycles. The summed E-state index contributed by atoms with van der Waals surface area (Å²) in [6, 6.07) is 2.98. The zero-order chi connectivity index (χ0) is 7.94. The first-order valence-electron chi connectivity index (χ1n) is 4.32. The van der Waals surface area contributed by atoms with E-state index in [1.165, 1.54) is 19.3 Å². The molecule has 0 amide bonds. The van der Waals surface area contributed by atoms with Crippen LogP contribution in [0.3, 0.4) is 0 Å². The highest BCUT2D eigenvalue weighted by Gasteiger charge is 2.00. The lowest BCUT2D eigenvalue weighted by molar-refractivity contribution is -0.106. The lowest BCUT2D eigenvalue weighted by atomic mass is 10.2. The average Bonchev–Trinajstić information content (AvgIpc) is 1.94. The van der Waals surface area contributed by atoms with Crippen molar-refractivity contribution in [3.8, 4) is 12.0 Å². The Hall–Kier alpha value is -0.680. The zero-order valence-electron chi connectivity index (χ0n) is 7.10. The molecule has 0 fully saturated rings. The van der Waals surface area contributed by atoms with E-state index in [0.717, 1.165) is 13.0 Å². The van der Waals surface area contributed by atoms with Crippen LogP contribution in [-0.2, 0) is 4.84 Å². The molecular formula is C9H15NO. The Kier molecular flexibility index (Phi) is 3.85. The van der Waals surface area contributed by atoms with Gasteiger partial charge in [-0.05, 0) is 19.8 Å². The maximum Gasteiger partial charge on any atom is 0.0728 e. The van der Waals surface area contributed by atoms with E-state index in [2.05, 4.69) is 12.0 Å². The fraction of sp³-hybridized carbons (Fsp3) is 0.778. The van der Waals surface area contributed by atoms with E-state index in [9.17, 15) is 0 Å². The Morgan fingerprint density at radius 3 is 3.09 bits per heavy atom. The van der Waals surface area contributed by atoms with Crippen LogP contribution in [0, 0.1) is 12.0 Å². The molecule has 1 rings (SSSR count). The number of nitrogens with zero attached hydrogens (tertiary/aromatic N) is 1. The molecule has 62 valence electrons. The quantitative estimate of drug-likeness (QED) is 0.561. The van der Waals surface area contributed by atoms with Crippen molar-refractivity contribution in [1.82, 2.24) is 5.06 Å². The Labute approximate surface area is 68.5 Å². The van der Waals surface area contributed by atoms with Crippen LogP contribution in [0.5, 0.6) is 0 Å². The third-order valence-corrected chi connectivity index (χ3v) is 1.65. The SMILES string of the molecule is CCON1C#CCCCCC1. The van der Waals surface area contributed by atoms with Crippen molar-refractivity contribution < 1.29 is 4.84 Å². The number of hydrogen-bond acceptors (Lipinski definition) is 2. The summed E-state index contributed by atoms with van der Waals surface area (Å²) in [6.45, 7) is 3.66. The molecule has 11 heavy (non-hydrogen) atoms. The summed E-state index contributed by atoms with van der Waals surface area (Å²) in [5.74, 6) is 3.07. The third-order valence-electron chi connectivity index (χ3n) is 1.65. The third kappa shape index (κ3) is 3.29. The van der Waals surface area contributed by atoms with Gasteiger partial charge in [0.05, 0.1) is 13.2 Å². The fourth-order valence-corrected chi connectivity index (χ4v) is 1.10. The number of hydrogen-bond donors (Lipinski definition) is 0. The molecule has 0 aliphatic carbocycles.